The summed E-state index contributed by atoms with van der Waals surface area (Å²) >= 11 is 0. The summed E-state index contributed by atoms with van der Waals surface area (Å²) in [6.45, 7) is 5.68. The second-order valence-corrected chi connectivity index (χ2v) is 8.38. The second-order valence-electron chi connectivity index (χ2n) is 6.12. The van der Waals surface area contributed by atoms with Crippen molar-refractivity contribution in [1.29, 1.82) is 0 Å². The standard InChI is InChI=1S/C16H25NO3S/c1-5-14(13-9-7-6-8-10-13)15(18)17-16(2,3)11-12-21(4,19)20/h6-10,14H,5,11-12H2,1-4H3,(H,17,18). The van der Waals surface area contributed by atoms with Crippen LogP contribution in [0.3, 0.4) is 0 Å². The summed E-state index contributed by atoms with van der Waals surface area (Å²) in [6.07, 6.45) is 2.32. The Morgan fingerprint density at radius 1 is 1.24 bits per heavy atom. The van der Waals surface area contributed by atoms with Gasteiger partial charge in [-0.3, -0.25) is 4.79 Å². The number of rotatable bonds is 7. The molecule has 0 saturated carbocycles. The zero-order valence-electron chi connectivity index (χ0n) is 13.2. The highest BCUT2D eigenvalue weighted by Gasteiger charge is 2.26. The van der Waals surface area contributed by atoms with Crippen LogP contribution in [0.25, 0.3) is 0 Å². The van der Waals surface area contributed by atoms with Crippen molar-refractivity contribution in [3.8, 4) is 0 Å². The van der Waals surface area contributed by atoms with Crippen LogP contribution in [0.15, 0.2) is 30.3 Å². The maximum atomic E-state index is 12.5. The van der Waals surface area contributed by atoms with Gasteiger partial charge in [-0.1, -0.05) is 37.3 Å². The van der Waals surface area contributed by atoms with Crippen molar-refractivity contribution in [2.75, 3.05) is 12.0 Å². The molecule has 0 fully saturated rings. The Balaban J connectivity index is 2.74. The van der Waals surface area contributed by atoms with Gasteiger partial charge in [-0.05, 0) is 32.3 Å². The van der Waals surface area contributed by atoms with Crippen molar-refractivity contribution < 1.29 is 13.2 Å². The van der Waals surface area contributed by atoms with Gasteiger partial charge in [0.25, 0.3) is 0 Å². The van der Waals surface area contributed by atoms with Crippen molar-refractivity contribution in [3.05, 3.63) is 35.9 Å². The van der Waals surface area contributed by atoms with Gasteiger partial charge in [-0.25, -0.2) is 8.42 Å². The van der Waals surface area contributed by atoms with Crippen molar-refractivity contribution in [2.45, 2.75) is 45.1 Å². The van der Waals surface area contributed by atoms with Gasteiger partial charge in [-0.2, -0.15) is 0 Å². The van der Waals surface area contributed by atoms with E-state index in [0.717, 1.165) is 5.56 Å². The first kappa shape index (κ1) is 17.7. The zero-order valence-corrected chi connectivity index (χ0v) is 14.0. The summed E-state index contributed by atoms with van der Waals surface area (Å²) in [7, 11) is -3.02. The van der Waals surface area contributed by atoms with Crippen LogP contribution in [-0.2, 0) is 14.6 Å². The van der Waals surface area contributed by atoms with E-state index in [1.165, 1.54) is 6.26 Å². The molecule has 4 nitrogen and oxygen atoms in total. The Morgan fingerprint density at radius 3 is 2.29 bits per heavy atom. The molecule has 0 bridgehead atoms. The number of hydrogen-bond acceptors (Lipinski definition) is 3. The molecule has 0 spiro atoms. The molecular weight excluding hydrogens is 286 g/mol. The molecule has 0 radical (unpaired) electrons. The normalized spacial score (nSPS) is 13.7. The zero-order chi connectivity index (χ0) is 16.1. The molecule has 118 valence electrons. The predicted octanol–water partition coefficient (Wildman–Crippen LogP) is 2.51. The Kier molecular flexibility index (Phi) is 5.96. The van der Waals surface area contributed by atoms with Crippen LogP contribution in [0.2, 0.25) is 0 Å². The highest BCUT2D eigenvalue weighted by Crippen LogP contribution is 2.21. The van der Waals surface area contributed by atoms with Crippen molar-refractivity contribution >= 4 is 15.7 Å². The SMILES string of the molecule is CCC(C(=O)NC(C)(C)CCS(C)(=O)=O)c1ccccc1. The predicted molar refractivity (Wildman–Crippen MR) is 86.0 cm³/mol. The average Bonchev–Trinajstić information content (AvgIpc) is 2.37. The first-order valence-electron chi connectivity index (χ1n) is 7.19. The molecule has 1 N–H and O–H groups in total. The lowest BCUT2D eigenvalue weighted by Gasteiger charge is -2.28. The van der Waals surface area contributed by atoms with Crippen LogP contribution in [0.1, 0.15) is 45.1 Å². The van der Waals surface area contributed by atoms with E-state index in [0.29, 0.717) is 12.8 Å². The fourth-order valence-corrected chi connectivity index (χ4v) is 3.06. The van der Waals surface area contributed by atoms with Crippen LogP contribution in [0.4, 0.5) is 0 Å². The van der Waals surface area contributed by atoms with Crippen LogP contribution >= 0.6 is 0 Å². The monoisotopic (exact) mass is 311 g/mol. The molecule has 0 aliphatic heterocycles. The van der Waals surface area contributed by atoms with Gasteiger partial charge in [0.2, 0.25) is 5.91 Å². The van der Waals surface area contributed by atoms with E-state index in [4.69, 9.17) is 0 Å². The molecule has 0 aliphatic carbocycles. The van der Waals surface area contributed by atoms with Gasteiger partial charge in [0.15, 0.2) is 0 Å². The second kappa shape index (κ2) is 7.07. The lowest BCUT2D eigenvalue weighted by molar-refractivity contribution is -0.124. The van der Waals surface area contributed by atoms with E-state index in [1.807, 2.05) is 51.1 Å². The first-order chi connectivity index (χ1) is 9.64. The lowest BCUT2D eigenvalue weighted by atomic mass is 9.93. The average molecular weight is 311 g/mol. The van der Waals surface area contributed by atoms with Crippen LogP contribution in [-0.4, -0.2) is 31.9 Å². The largest absolute Gasteiger partial charge is 0.351 e. The number of sulfone groups is 1. The summed E-state index contributed by atoms with van der Waals surface area (Å²) in [4.78, 5) is 12.5. The fourth-order valence-electron chi connectivity index (χ4n) is 2.18. The van der Waals surface area contributed by atoms with Crippen LogP contribution < -0.4 is 5.32 Å². The van der Waals surface area contributed by atoms with Gasteiger partial charge < -0.3 is 5.32 Å². The minimum atomic E-state index is -3.02. The first-order valence-corrected chi connectivity index (χ1v) is 9.25. The highest BCUT2D eigenvalue weighted by molar-refractivity contribution is 7.90. The van der Waals surface area contributed by atoms with E-state index < -0.39 is 15.4 Å². The molecule has 5 heteroatoms. The van der Waals surface area contributed by atoms with E-state index in [2.05, 4.69) is 5.32 Å². The Bertz CT molecular complexity index is 564. The Labute approximate surface area is 127 Å². The minimum absolute atomic E-state index is 0.0535. The number of nitrogens with one attached hydrogen (secondary N) is 1. The van der Waals surface area contributed by atoms with Crippen molar-refractivity contribution in [3.63, 3.8) is 0 Å². The van der Waals surface area contributed by atoms with E-state index in [-0.39, 0.29) is 17.6 Å². The molecule has 0 heterocycles. The van der Waals surface area contributed by atoms with Crippen LogP contribution in [0.5, 0.6) is 0 Å². The third-order valence-electron chi connectivity index (χ3n) is 3.49. The van der Waals surface area contributed by atoms with Gasteiger partial charge in [0.1, 0.15) is 9.84 Å². The summed E-state index contributed by atoms with van der Waals surface area (Å²) in [5.41, 5.74) is 0.443. The summed E-state index contributed by atoms with van der Waals surface area (Å²) in [6, 6.07) is 9.64. The molecular formula is C16H25NO3S. The summed E-state index contributed by atoms with van der Waals surface area (Å²) in [5.74, 6) is -0.187. The molecule has 1 unspecified atom stereocenters. The van der Waals surface area contributed by atoms with Gasteiger partial charge in [-0.15, -0.1) is 0 Å². The Morgan fingerprint density at radius 2 is 1.81 bits per heavy atom. The number of carbonyl (C=O) groups excluding carboxylic acids is 1. The minimum Gasteiger partial charge on any atom is -0.351 e. The van der Waals surface area contributed by atoms with Crippen molar-refractivity contribution in [1.82, 2.24) is 5.32 Å². The quantitative estimate of drug-likeness (QED) is 0.841. The Hall–Kier alpha value is -1.36. The third-order valence-corrected chi connectivity index (χ3v) is 4.43. The molecule has 1 aromatic carbocycles. The van der Waals surface area contributed by atoms with Gasteiger partial charge in [0, 0.05) is 11.8 Å². The maximum Gasteiger partial charge on any atom is 0.227 e. The smallest absolute Gasteiger partial charge is 0.227 e. The van der Waals surface area contributed by atoms with Gasteiger partial charge >= 0.3 is 0 Å². The molecule has 21 heavy (non-hydrogen) atoms. The summed E-state index contributed by atoms with van der Waals surface area (Å²) in [5, 5.41) is 2.97. The fraction of sp³-hybridized carbons (Fsp3) is 0.562. The molecule has 0 aromatic heterocycles. The molecule has 1 aromatic rings. The van der Waals surface area contributed by atoms with E-state index >= 15 is 0 Å². The van der Waals surface area contributed by atoms with E-state index in [9.17, 15) is 13.2 Å². The number of amides is 1. The lowest BCUT2D eigenvalue weighted by Crippen LogP contribution is -2.46. The van der Waals surface area contributed by atoms with Gasteiger partial charge in [0.05, 0.1) is 11.7 Å². The number of hydrogen-bond donors (Lipinski definition) is 1. The number of carbonyl (C=O) groups is 1. The highest BCUT2D eigenvalue weighted by atomic mass is 32.2. The topological polar surface area (TPSA) is 63.2 Å². The third kappa shape index (κ3) is 6.29. The van der Waals surface area contributed by atoms with Crippen molar-refractivity contribution in [2.24, 2.45) is 0 Å². The van der Waals surface area contributed by atoms with Crippen LogP contribution in [0, 0.1) is 0 Å². The van der Waals surface area contributed by atoms with E-state index in [1.54, 1.807) is 0 Å². The molecule has 0 aliphatic rings. The molecule has 0 saturated heterocycles. The maximum absolute atomic E-state index is 12.5. The molecule has 1 rings (SSSR count). The number of benzene rings is 1. The molecule has 1 atom stereocenters. The summed E-state index contributed by atoms with van der Waals surface area (Å²) < 4.78 is 22.5. The molecule has 1 amide bonds.